The first kappa shape index (κ1) is 12.3. The normalized spacial score (nSPS) is 14.6. The molecule has 0 saturated heterocycles. The highest BCUT2D eigenvalue weighted by molar-refractivity contribution is 9.10. The number of aromatic nitrogens is 2. The number of nitrogens with zero attached hydrogens (tertiary/aromatic N) is 2. The van der Waals surface area contributed by atoms with Crippen molar-refractivity contribution >= 4 is 15.9 Å². The maximum atomic E-state index is 10.2. The van der Waals surface area contributed by atoms with Gasteiger partial charge in [-0.25, -0.2) is 0 Å². The maximum absolute atomic E-state index is 10.2. The van der Waals surface area contributed by atoms with Crippen molar-refractivity contribution in [3.8, 4) is 0 Å². The number of aliphatic hydroxyl groups is 2. The molecule has 0 bridgehead atoms. The van der Waals surface area contributed by atoms with Crippen LogP contribution in [0.4, 0.5) is 0 Å². The molecule has 4 nitrogen and oxygen atoms in total. The van der Waals surface area contributed by atoms with E-state index in [1.54, 1.807) is 30.1 Å². The van der Waals surface area contributed by atoms with Crippen LogP contribution in [0.3, 0.4) is 0 Å². The van der Waals surface area contributed by atoms with Gasteiger partial charge in [0.15, 0.2) is 0 Å². The van der Waals surface area contributed by atoms with Crippen LogP contribution in [0.25, 0.3) is 0 Å². The summed E-state index contributed by atoms with van der Waals surface area (Å²) in [4.78, 5) is 0. The van der Waals surface area contributed by atoms with Crippen LogP contribution in [0.5, 0.6) is 0 Å². The fraction of sp³-hybridized carbons (Fsp3) is 0.250. The summed E-state index contributed by atoms with van der Waals surface area (Å²) in [5.74, 6) is 0. The molecule has 90 valence electrons. The standard InChI is InChI=1S/C12H13BrN2O2/c1-15-10(9(13)7-14-15)12(17)11(16)8-5-3-2-4-6-8/h2-7,11-12,16-17H,1H3. The molecular weight excluding hydrogens is 284 g/mol. The third kappa shape index (κ3) is 2.41. The molecule has 0 amide bonds. The average Bonchev–Trinajstić information content (AvgIpc) is 2.68. The van der Waals surface area contributed by atoms with Crippen LogP contribution in [0.2, 0.25) is 0 Å². The molecule has 0 radical (unpaired) electrons. The van der Waals surface area contributed by atoms with Gasteiger partial charge in [0, 0.05) is 7.05 Å². The van der Waals surface area contributed by atoms with Crippen LogP contribution < -0.4 is 0 Å². The van der Waals surface area contributed by atoms with Crippen LogP contribution in [0, 0.1) is 0 Å². The molecule has 0 fully saturated rings. The Morgan fingerprint density at radius 3 is 2.35 bits per heavy atom. The van der Waals surface area contributed by atoms with Gasteiger partial charge in [-0.1, -0.05) is 30.3 Å². The molecule has 2 unspecified atom stereocenters. The minimum Gasteiger partial charge on any atom is -0.385 e. The van der Waals surface area contributed by atoms with E-state index in [9.17, 15) is 10.2 Å². The van der Waals surface area contributed by atoms with Gasteiger partial charge in [0.1, 0.15) is 12.2 Å². The molecule has 0 aliphatic heterocycles. The SMILES string of the molecule is Cn1ncc(Br)c1C(O)C(O)c1ccccc1. The minimum atomic E-state index is -1.01. The molecule has 2 N–H and O–H groups in total. The Labute approximate surface area is 108 Å². The zero-order chi connectivity index (χ0) is 12.4. The highest BCUT2D eigenvalue weighted by atomic mass is 79.9. The number of hydrogen-bond acceptors (Lipinski definition) is 3. The third-order valence-electron chi connectivity index (χ3n) is 2.66. The summed E-state index contributed by atoms with van der Waals surface area (Å²) >= 11 is 3.30. The molecule has 0 aliphatic rings. The molecular formula is C12H13BrN2O2. The molecule has 0 aliphatic carbocycles. The molecule has 1 aromatic heterocycles. The van der Waals surface area contributed by atoms with Crippen molar-refractivity contribution in [3.05, 3.63) is 52.3 Å². The Kier molecular flexibility index (Phi) is 3.61. The van der Waals surface area contributed by atoms with Gasteiger partial charge in [-0.15, -0.1) is 0 Å². The van der Waals surface area contributed by atoms with Crippen LogP contribution in [0.15, 0.2) is 41.0 Å². The average molecular weight is 297 g/mol. The summed E-state index contributed by atoms with van der Waals surface area (Å²) in [6.45, 7) is 0. The van der Waals surface area contributed by atoms with E-state index < -0.39 is 12.2 Å². The van der Waals surface area contributed by atoms with Gasteiger partial charge in [-0.2, -0.15) is 5.10 Å². The van der Waals surface area contributed by atoms with Gasteiger partial charge < -0.3 is 10.2 Å². The van der Waals surface area contributed by atoms with E-state index in [0.717, 1.165) is 0 Å². The molecule has 2 aromatic rings. The molecule has 1 heterocycles. The fourth-order valence-electron chi connectivity index (χ4n) is 1.73. The van der Waals surface area contributed by atoms with Crippen molar-refractivity contribution in [1.82, 2.24) is 9.78 Å². The summed E-state index contributed by atoms with van der Waals surface area (Å²) in [7, 11) is 1.72. The van der Waals surface area contributed by atoms with Crippen LogP contribution in [-0.4, -0.2) is 20.0 Å². The molecule has 2 atom stereocenters. The number of halogens is 1. The maximum Gasteiger partial charge on any atom is 0.127 e. The van der Waals surface area contributed by atoms with Crippen molar-refractivity contribution < 1.29 is 10.2 Å². The van der Waals surface area contributed by atoms with E-state index in [1.165, 1.54) is 0 Å². The molecule has 0 spiro atoms. The summed E-state index contributed by atoms with van der Waals surface area (Å²) in [6.07, 6.45) is -0.391. The summed E-state index contributed by atoms with van der Waals surface area (Å²) in [6, 6.07) is 9.06. The Morgan fingerprint density at radius 1 is 1.18 bits per heavy atom. The number of benzene rings is 1. The first-order valence-electron chi connectivity index (χ1n) is 5.19. The van der Waals surface area contributed by atoms with Gasteiger partial charge in [0.25, 0.3) is 0 Å². The summed E-state index contributed by atoms with van der Waals surface area (Å²) in [5.41, 5.74) is 1.23. The number of aryl methyl sites for hydroxylation is 1. The predicted octanol–water partition coefficient (Wildman–Crippen LogP) is 1.95. The monoisotopic (exact) mass is 296 g/mol. The quantitative estimate of drug-likeness (QED) is 0.910. The van der Waals surface area contributed by atoms with Crippen molar-refractivity contribution in [2.75, 3.05) is 0 Å². The van der Waals surface area contributed by atoms with Gasteiger partial charge in [0.2, 0.25) is 0 Å². The zero-order valence-corrected chi connectivity index (χ0v) is 10.9. The lowest BCUT2D eigenvalue weighted by molar-refractivity contribution is 0.0119. The van der Waals surface area contributed by atoms with Gasteiger partial charge >= 0.3 is 0 Å². The van der Waals surface area contributed by atoms with E-state index in [-0.39, 0.29) is 0 Å². The second-order valence-electron chi connectivity index (χ2n) is 3.80. The van der Waals surface area contributed by atoms with Crippen LogP contribution in [0.1, 0.15) is 23.5 Å². The van der Waals surface area contributed by atoms with Crippen LogP contribution in [-0.2, 0) is 7.05 Å². The lowest BCUT2D eigenvalue weighted by atomic mass is 10.0. The van der Waals surface area contributed by atoms with E-state index in [2.05, 4.69) is 21.0 Å². The zero-order valence-electron chi connectivity index (χ0n) is 9.29. The number of hydrogen-bond donors (Lipinski definition) is 2. The lowest BCUT2D eigenvalue weighted by Crippen LogP contribution is -2.14. The Hall–Kier alpha value is -1.17. The topological polar surface area (TPSA) is 58.3 Å². The van der Waals surface area contributed by atoms with Crippen molar-refractivity contribution in [1.29, 1.82) is 0 Å². The highest BCUT2D eigenvalue weighted by Crippen LogP contribution is 2.32. The Morgan fingerprint density at radius 2 is 1.82 bits per heavy atom. The van der Waals surface area contributed by atoms with Crippen molar-refractivity contribution in [2.45, 2.75) is 12.2 Å². The van der Waals surface area contributed by atoms with E-state index in [4.69, 9.17) is 0 Å². The van der Waals surface area contributed by atoms with E-state index >= 15 is 0 Å². The molecule has 2 rings (SSSR count). The summed E-state index contributed by atoms with van der Waals surface area (Å²) in [5, 5.41) is 24.3. The first-order chi connectivity index (χ1) is 8.11. The van der Waals surface area contributed by atoms with Gasteiger partial charge in [-0.3, -0.25) is 4.68 Å². The molecule has 17 heavy (non-hydrogen) atoms. The minimum absolute atomic E-state index is 0.557. The third-order valence-corrected chi connectivity index (χ3v) is 3.27. The fourth-order valence-corrected chi connectivity index (χ4v) is 2.32. The smallest absolute Gasteiger partial charge is 0.127 e. The predicted molar refractivity (Wildman–Crippen MR) is 67.3 cm³/mol. The Bertz CT molecular complexity index is 479. The number of rotatable bonds is 3. The number of aliphatic hydroxyl groups excluding tert-OH is 2. The van der Waals surface area contributed by atoms with E-state index in [0.29, 0.717) is 15.7 Å². The molecule has 0 saturated carbocycles. The first-order valence-corrected chi connectivity index (χ1v) is 5.99. The highest BCUT2D eigenvalue weighted by Gasteiger charge is 2.25. The van der Waals surface area contributed by atoms with Crippen molar-refractivity contribution in [3.63, 3.8) is 0 Å². The largest absolute Gasteiger partial charge is 0.385 e. The molecule has 5 heteroatoms. The molecule has 1 aromatic carbocycles. The second kappa shape index (κ2) is 5.00. The summed E-state index contributed by atoms with van der Waals surface area (Å²) < 4.78 is 2.23. The van der Waals surface area contributed by atoms with Gasteiger partial charge in [-0.05, 0) is 21.5 Å². The Balaban J connectivity index is 2.30. The van der Waals surface area contributed by atoms with E-state index in [1.807, 2.05) is 18.2 Å². The van der Waals surface area contributed by atoms with Crippen molar-refractivity contribution in [2.24, 2.45) is 7.05 Å². The van der Waals surface area contributed by atoms with Gasteiger partial charge in [0.05, 0.1) is 16.4 Å². The lowest BCUT2D eigenvalue weighted by Gasteiger charge is -2.18. The van der Waals surface area contributed by atoms with Crippen LogP contribution >= 0.6 is 15.9 Å². The second-order valence-corrected chi connectivity index (χ2v) is 4.66.